The van der Waals surface area contributed by atoms with Crippen molar-refractivity contribution in [2.24, 2.45) is 0 Å². The number of nitrogen functional groups attached to an aromatic ring is 1. The molecule has 3 atom stereocenters. The van der Waals surface area contributed by atoms with Crippen LogP contribution in [-0.2, 0) is 25.4 Å². The number of fused-ring (bicyclic) bond motifs is 1. The van der Waals surface area contributed by atoms with Gasteiger partial charge in [0.05, 0.1) is 19.0 Å². The number of rotatable bonds is 9. The van der Waals surface area contributed by atoms with Gasteiger partial charge in [0.1, 0.15) is 30.3 Å². The molecular formula is C16H25N6O5P. The van der Waals surface area contributed by atoms with Gasteiger partial charge < -0.3 is 24.7 Å². The van der Waals surface area contributed by atoms with Crippen molar-refractivity contribution in [1.82, 2.24) is 24.6 Å². The monoisotopic (exact) mass is 412 g/mol. The van der Waals surface area contributed by atoms with Crippen molar-refractivity contribution in [3.63, 3.8) is 0 Å². The first-order valence-electron chi connectivity index (χ1n) is 9.08. The molecule has 0 radical (unpaired) electrons. The Balaban J connectivity index is 1.49. The van der Waals surface area contributed by atoms with Gasteiger partial charge in [0.15, 0.2) is 11.5 Å². The van der Waals surface area contributed by atoms with Crippen molar-refractivity contribution < 1.29 is 23.7 Å². The maximum absolute atomic E-state index is 12.3. The average molecular weight is 412 g/mol. The van der Waals surface area contributed by atoms with E-state index in [2.05, 4.69) is 20.0 Å². The molecule has 0 aromatic carbocycles. The smallest absolute Gasteiger partial charge is 0.323 e. The minimum absolute atomic E-state index is 0.0750. The van der Waals surface area contributed by atoms with E-state index in [9.17, 15) is 14.3 Å². The van der Waals surface area contributed by atoms with Gasteiger partial charge in [-0.2, -0.15) is 0 Å². The summed E-state index contributed by atoms with van der Waals surface area (Å²) in [6.45, 7) is 3.60. The summed E-state index contributed by atoms with van der Waals surface area (Å²) in [6, 6.07) is -0.896. The first-order valence-corrected chi connectivity index (χ1v) is 10.9. The highest BCUT2D eigenvalue weighted by molar-refractivity contribution is 7.55. The number of carbonyl (C=O) groups is 1. The fraction of sp³-hybridized carbons (Fsp3) is 0.625. The molecule has 3 unspecified atom stereocenters. The highest BCUT2D eigenvalue weighted by Crippen LogP contribution is 2.36. The Morgan fingerprint density at radius 3 is 2.86 bits per heavy atom. The molecule has 0 amide bonds. The molecule has 2 aromatic rings. The number of hydrogen-bond acceptors (Lipinski definition) is 8. The van der Waals surface area contributed by atoms with Crippen LogP contribution in [0.5, 0.6) is 0 Å². The first kappa shape index (κ1) is 20.7. The SMILES string of the molecule is CC(Cn1cnc2c(N)ncnc21)OCP(=O)(O)NC(C)C(=O)OC1CCC1. The fourth-order valence-corrected chi connectivity index (χ4v) is 3.98. The van der Waals surface area contributed by atoms with Crippen LogP contribution in [-0.4, -0.2) is 55.0 Å². The predicted molar refractivity (Wildman–Crippen MR) is 101 cm³/mol. The number of anilines is 1. The van der Waals surface area contributed by atoms with Crippen molar-refractivity contribution >= 4 is 30.5 Å². The molecule has 12 heteroatoms. The van der Waals surface area contributed by atoms with Crippen LogP contribution in [0.4, 0.5) is 5.82 Å². The summed E-state index contributed by atoms with van der Waals surface area (Å²) in [5.74, 6) is -0.252. The van der Waals surface area contributed by atoms with Gasteiger partial charge in [-0.05, 0) is 33.1 Å². The summed E-state index contributed by atoms with van der Waals surface area (Å²) in [7, 11) is -3.88. The maximum Gasteiger partial charge on any atom is 0.323 e. The van der Waals surface area contributed by atoms with Gasteiger partial charge in [-0.1, -0.05) is 0 Å². The van der Waals surface area contributed by atoms with E-state index < -0.39 is 32.0 Å². The number of esters is 1. The van der Waals surface area contributed by atoms with Crippen LogP contribution < -0.4 is 10.8 Å². The van der Waals surface area contributed by atoms with E-state index >= 15 is 0 Å². The number of imidazole rings is 1. The minimum Gasteiger partial charge on any atom is -0.461 e. The predicted octanol–water partition coefficient (Wildman–Crippen LogP) is 1.03. The largest absolute Gasteiger partial charge is 0.461 e. The highest BCUT2D eigenvalue weighted by Gasteiger charge is 2.29. The van der Waals surface area contributed by atoms with Crippen molar-refractivity contribution in [1.29, 1.82) is 0 Å². The summed E-state index contributed by atoms with van der Waals surface area (Å²) < 4.78 is 24.8. The van der Waals surface area contributed by atoms with Gasteiger partial charge in [-0.3, -0.25) is 9.36 Å². The molecule has 3 rings (SSSR count). The molecule has 1 fully saturated rings. The van der Waals surface area contributed by atoms with Crippen molar-refractivity contribution in [2.75, 3.05) is 12.1 Å². The van der Waals surface area contributed by atoms with Crippen LogP contribution in [0.1, 0.15) is 33.1 Å². The van der Waals surface area contributed by atoms with Crippen LogP contribution >= 0.6 is 7.52 Å². The fourth-order valence-electron chi connectivity index (χ4n) is 2.74. The standard InChI is InChI=1S/C16H25N6O5P/c1-10(6-22-8-20-13-14(17)18-7-19-15(13)22)26-9-28(24,25)21-11(2)16(23)27-12-4-3-5-12/h7-8,10-12H,3-6,9H2,1-2H3,(H2,17,18,19)(H2,21,24,25). The van der Waals surface area contributed by atoms with Crippen LogP contribution in [0, 0.1) is 0 Å². The minimum atomic E-state index is -3.88. The number of nitrogens with one attached hydrogen (secondary N) is 1. The van der Waals surface area contributed by atoms with E-state index in [1.54, 1.807) is 17.8 Å². The first-order chi connectivity index (χ1) is 13.2. The number of aromatic nitrogens is 4. The van der Waals surface area contributed by atoms with Gasteiger partial charge >= 0.3 is 5.97 Å². The molecule has 154 valence electrons. The van der Waals surface area contributed by atoms with E-state index in [-0.39, 0.29) is 11.9 Å². The van der Waals surface area contributed by atoms with E-state index in [1.165, 1.54) is 13.3 Å². The summed E-state index contributed by atoms with van der Waals surface area (Å²) >= 11 is 0. The van der Waals surface area contributed by atoms with E-state index in [0.29, 0.717) is 17.7 Å². The Labute approximate surface area is 162 Å². The van der Waals surface area contributed by atoms with E-state index in [4.69, 9.17) is 15.2 Å². The highest BCUT2D eigenvalue weighted by atomic mass is 31.2. The molecule has 1 saturated carbocycles. The molecular weight excluding hydrogens is 387 g/mol. The van der Waals surface area contributed by atoms with Crippen molar-refractivity contribution in [3.05, 3.63) is 12.7 Å². The second-order valence-electron chi connectivity index (χ2n) is 6.98. The molecule has 2 aromatic heterocycles. The summed E-state index contributed by atoms with van der Waals surface area (Å²) in [5, 5.41) is 2.42. The molecule has 0 bridgehead atoms. The van der Waals surface area contributed by atoms with Gasteiger partial charge in [-0.25, -0.2) is 20.0 Å². The zero-order chi connectivity index (χ0) is 20.3. The summed E-state index contributed by atoms with van der Waals surface area (Å²) in [4.78, 5) is 34.2. The van der Waals surface area contributed by atoms with Crippen molar-refractivity contribution in [2.45, 2.75) is 57.9 Å². The summed E-state index contributed by atoms with van der Waals surface area (Å²) in [6.07, 6.45) is 4.70. The average Bonchev–Trinajstić information content (AvgIpc) is 3.00. The molecule has 2 heterocycles. The second kappa shape index (κ2) is 8.52. The third-order valence-corrected chi connectivity index (χ3v) is 5.79. The van der Waals surface area contributed by atoms with Crippen LogP contribution in [0.3, 0.4) is 0 Å². The molecule has 0 spiro atoms. The molecule has 1 aliphatic carbocycles. The number of nitrogens with zero attached hydrogens (tertiary/aromatic N) is 4. The Kier molecular flexibility index (Phi) is 6.29. The Morgan fingerprint density at radius 2 is 2.18 bits per heavy atom. The Morgan fingerprint density at radius 1 is 1.43 bits per heavy atom. The molecule has 1 aliphatic rings. The third-order valence-electron chi connectivity index (χ3n) is 4.50. The topological polar surface area (TPSA) is 154 Å². The molecule has 0 saturated heterocycles. The summed E-state index contributed by atoms with van der Waals surface area (Å²) in [5.41, 5.74) is 6.80. The van der Waals surface area contributed by atoms with Gasteiger partial charge in [0.2, 0.25) is 0 Å². The zero-order valence-electron chi connectivity index (χ0n) is 15.8. The lowest BCUT2D eigenvalue weighted by Gasteiger charge is -2.27. The number of hydrogen-bond donors (Lipinski definition) is 3. The van der Waals surface area contributed by atoms with Gasteiger partial charge in [-0.15, -0.1) is 0 Å². The quantitative estimate of drug-likeness (QED) is 0.402. The van der Waals surface area contributed by atoms with Gasteiger partial charge in [0, 0.05) is 0 Å². The number of carbonyl (C=O) groups excluding carboxylic acids is 1. The Bertz CT molecular complexity index is 886. The lowest BCUT2D eigenvalue weighted by molar-refractivity contribution is -0.154. The van der Waals surface area contributed by atoms with E-state index in [1.807, 2.05) is 0 Å². The van der Waals surface area contributed by atoms with Crippen LogP contribution in [0.2, 0.25) is 0 Å². The number of nitrogens with two attached hydrogens (primary N) is 1. The lowest BCUT2D eigenvalue weighted by atomic mass is 9.96. The molecule has 28 heavy (non-hydrogen) atoms. The molecule has 11 nitrogen and oxygen atoms in total. The molecule has 4 N–H and O–H groups in total. The Hall–Kier alpha value is -2.07. The second-order valence-corrected chi connectivity index (χ2v) is 8.90. The van der Waals surface area contributed by atoms with Crippen LogP contribution in [0.15, 0.2) is 12.7 Å². The third kappa shape index (κ3) is 5.05. The van der Waals surface area contributed by atoms with Gasteiger partial charge in [0.25, 0.3) is 7.52 Å². The zero-order valence-corrected chi connectivity index (χ0v) is 16.7. The van der Waals surface area contributed by atoms with Crippen molar-refractivity contribution in [3.8, 4) is 0 Å². The normalized spacial score (nSPS) is 19.0. The lowest BCUT2D eigenvalue weighted by Crippen LogP contribution is -2.38. The van der Waals surface area contributed by atoms with E-state index in [0.717, 1.165) is 19.3 Å². The maximum atomic E-state index is 12.3. The number of ether oxygens (including phenoxy) is 2. The van der Waals surface area contributed by atoms with Crippen LogP contribution in [0.25, 0.3) is 11.2 Å². The molecule has 0 aliphatic heterocycles.